The van der Waals surface area contributed by atoms with Crippen LogP contribution in [0.2, 0.25) is 0 Å². The van der Waals surface area contributed by atoms with Crippen LogP contribution in [-0.4, -0.2) is 16.8 Å². The lowest BCUT2D eigenvalue weighted by atomic mass is 10.1. The molecule has 0 spiro atoms. The second-order valence-electron chi connectivity index (χ2n) is 4.37. The Morgan fingerprint density at radius 2 is 1.21 bits per heavy atom. The Morgan fingerprint density at radius 3 is 1.58 bits per heavy atom. The van der Waals surface area contributed by atoms with Crippen LogP contribution in [0, 0.1) is 0 Å². The normalized spacial score (nSPS) is 10.9. The Bertz CT molecular complexity index is 765. The van der Waals surface area contributed by atoms with Crippen molar-refractivity contribution in [2.45, 2.75) is 0 Å². The Morgan fingerprint density at radius 1 is 0.789 bits per heavy atom. The zero-order valence-electron chi connectivity index (χ0n) is 9.94. The molecule has 5 nitrogen and oxygen atoms in total. The summed E-state index contributed by atoms with van der Waals surface area (Å²) in [5, 5.41) is 1.94. The van der Waals surface area contributed by atoms with Gasteiger partial charge in [-0.25, -0.2) is 0 Å². The van der Waals surface area contributed by atoms with Crippen molar-refractivity contribution in [1.29, 1.82) is 0 Å². The van der Waals surface area contributed by atoms with Gasteiger partial charge in [0.25, 0.3) is 0 Å². The zero-order valence-corrected chi connectivity index (χ0v) is 9.94. The molecule has 5 N–H and O–H groups in total. The molecule has 0 bridgehead atoms. The Balaban J connectivity index is 2.31. The molecule has 5 heteroatoms. The van der Waals surface area contributed by atoms with Crippen LogP contribution >= 0.6 is 0 Å². The average Bonchev–Trinajstić information content (AvgIpc) is 2.74. The van der Waals surface area contributed by atoms with Crippen molar-refractivity contribution in [2.24, 2.45) is 11.5 Å². The summed E-state index contributed by atoms with van der Waals surface area (Å²) in [6.07, 6.45) is 0. The van der Waals surface area contributed by atoms with Crippen LogP contribution in [0.15, 0.2) is 36.4 Å². The fraction of sp³-hybridized carbons (Fsp3) is 0. The summed E-state index contributed by atoms with van der Waals surface area (Å²) in [5.41, 5.74) is 13.0. The number of H-pyrrole nitrogens is 1. The molecule has 0 saturated carbocycles. The van der Waals surface area contributed by atoms with Gasteiger partial charge in [-0.2, -0.15) is 0 Å². The fourth-order valence-electron chi connectivity index (χ4n) is 2.22. The number of carbonyl (C=O) groups excluding carboxylic acids is 2. The SMILES string of the molecule is NC(=O)c1ccc2c(c1)[nH]c1cc(C(N)=O)ccc12. The van der Waals surface area contributed by atoms with Gasteiger partial charge in [-0.1, -0.05) is 12.1 Å². The molecule has 2 amide bonds. The molecule has 3 aromatic rings. The molecule has 1 aromatic heterocycles. The number of primary amides is 2. The first-order valence-electron chi connectivity index (χ1n) is 5.71. The molecular weight excluding hydrogens is 242 g/mol. The lowest BCUT2D eigenvalue weighted by Gasteiger charge is -1.96. The van der Waals surface area contributed by atoms with E-state index in [-0.39, 0.29) is 0 Å². The largest absolute Gasteiger partial charge is 0.366 e. The lowest BCUT2D eigenvalue weighted by molar-refractivity contribution is 0.0992. The number of amides is 2. The van der Waals surface area contributed by atoms with E-state index in [1.165, 1.54) is 0 Å². The molecule has 0 unspecified atom stereocenters. The molecule has 0 atom stereocenters. The number of fused-ring (bicyclic) bond motifs is 3. The maximum atomic E-state index is 11.2. The molecule has 0 aliphatic rings. The van der Waals surface area contributed by atoms with E-state index in [2.05, 4.69) is 4.98 Å². The minimum absolute atomic E-state index is 0.439. The molecule has 94 valence electrons. The third-order valence-corrected chi connectivity index (χ3v) is 3.17. The number of nitrogens with two attached hydrogens (primary N) is 2. The van der Waals surface area contributed by atoms with Gasteiger partial charge in [0.1, 0.15) is 0 Å². The van der Waals surface area contributed by atoms with Crippen LogP contribution in [0.3, 0.4) is 0 Å². The van der Waals surface area contributed by atoms with Gasteiger partial charge in [-0.15, -0.1) is 0 Å². The predicted molar refractivity (Wildman–Crippen MR) is 72.8 cm³/mol. The maximum Gasteiger partial charge on any atom is 0.248 e. The van der Waals surface area contributed by atoms with Gasteiger partial charge in [0, 0.05) is 32.9 Å². The summed E-state index contributed by atoms with van der Waals surface area (Å²) in [6.45, 7) is 0. The first-order valence-corrected chi connectivity index (χ1v) is 5.71. The van der Waals surface area contributed by atoms with Crippen molar-refractivity contribution < 1.29 is 9.59 Å². The van der Waals surface area contributed by atoms with Crippen molar-refractivity contribution in [1.82, 2.24) is 4.98 Å². The summed E-state index contributed by atoms with van der Waals surface area (Å²) >= 11 is 0. The highest BCUT2D eigenvalue weighted by Gasteiger charge is 2.09. The number of rotatable bonds is 2. The topological polar surface area (TPSA) is 102 Å². The van der Waals surface area contributed by atoms with Gasteiger partial charge in [0.2, 0.25) is 11.8 Å². The van der Waals surface area contributed by atoms with Gasteiger partial charge in [-0.3, -0.25) is 9.59 Å². The Hall–Kier alpha value is -2.82. The summed E-state index contributed by atoms with van der Waals surface area (Å²) in [5.74, 6) is -0.947. The molecule has 3 rings (SSSR count). The highest BCUT2D eigenvalue weighted by atomic mass is 16.1. The van der Waals surface area contributed by atoms with E-state index in [0.29, 0.717) is 11.1 Å². The third-order valence-electron chi connectivity index (χ3n) is 3.17. The predicted octanol–water partition coefficient (Wildman–Crippen LogP) is 1.52. The minimum atomic E-state index is -0.474. The molecule has 19 heavy (non-hydrogen) atoms. The second-order valence-corrected chi connectivity index (χ2v) is 4.37. The van der Waals surface area contributed by atoms with E-state index in [0.717, 1.165) is 21.8 Å². The standard InChI is InChI=1S/C14H11N3O2/c15-13(18)7-1-3-9-10-4-2-8(14(16)19)6-12(10)17-11(9)5-7/h1-6,17H,(H2,15,18)(H2,16,19). The summed E-state index contributed by atoms with van der Waals surface area (Å²) < 4.78 is 0. The van der Waals surface area contributed by atoms with E-state index in [1.807, 2.05) is 12.1 Å². The first-order chi connectivity index (χ1) is 9.06. The highest BCUT2D eigenvalue weighted by Crippen LogP contribution is 2.26. The quantitative estimate of drug-likeness (QED) is 0.644. The number of aromatic nitrogens is 1. The third kappa shape index (κ3) is 1.72. The van der Waals surface area contributed by atoms with Crippen molar-refractivity contribution in [3.05, 3.63) is 47.5 Å². The van der Waals surface area contributed by atoms with Crippen LogP contribution in [0.5, 0.6) is 0 Å². The van der Waals surface area contributed by atoms with Gasteiger partial charge in [0.15, 0.2) is 0 Å². The van der Waals surface area contributed by atoms with Crippen molar-refractivity contribution in [2.75, 3.05) is 0 Å². The molecule has 0 fully saturated rings. The van der Waals surface area contributed by atoms with Crippen molar-refractivity contribution >= 4 is 33.6 Å². The smallest absolute Gasteiger partial charge is 0.248 e. The van der Waals surface area contributed by atoms with Crippen LogP contribution in [0.4, 0.5) is 0 Å². The van der Waals surface area contributed by atoms with Crippen LogP contribution in [-0.2, 0) is 0 Å². The van der Waals surface area contributed by atoms with Crippen LogP contribution in [0.25, 0.3) is 21.8 Å². The lowest BCUT2D eigenvalue weighted by Crippen LogP contribution is -2.10. The monoisotopic (exact) mass is 253 g/mol. The van der Waals surface area contributed by atoms with E-state index in [9.17, 15) is 9.59 Å². The van der Waals surface area contributed by atoms with Gasteiger partial charge >= 0.3 is 0 Å². The van der Waals surface area contributed by atoms with Crippen molar-refractivity contribution in [3.63, 3.8) is 0 Å². The van der Waals surface area contributed by atoms with Gasteiger partial charge in [-0.05, 0) is 24.3 Å². The number of carbonyl (C=O) groups is 2. The number of aromatic amines is 1. The fourth-order valence-corrected chi connectivity index (χ4v) is 2.22. The number of hydrogen-bond acceptors (Lipinski definition) is 2. The van der Waals surface area contributed by atoms with Crippen LogP contribution in [0.1, 0.15) is 20.7 Å². The van der Waals surface area contributed by atoms with Gasteiger partial charge in [0.05, 0.1) is 0 Å². The van der Waals surface area contributed by atoms with E-state index < -0.39 is 11.8 Å². The molecule has 2 aromatic carbocycles. The zero-order chi connectivity index (χ0) is 13.6. The Kier molecular flexibility index (Phi) is 2.28. The van der Waals surface area contributed by atoms with Gasteiger partial charge < -0.3 is 16.5 Å². The minimum Gasteiger partial charge on any atom is -0.366 e. The molecule has 0 radical (unpaired) electrons. The van der Waals surface area contributed by atoms with E-state index >= 15 is 0 Å². The number of benzene rings is 2. The molecule has 1 heterocycles. The summed E-state index contributed by atoms with van der Waals surface area (Å²) in [4.78, 5) is 25.5. The molecular formula is C14H11N3O2. The average molecular weight is 253 g/mol. The molecule has 0 aliphatic heterocycles. The van der Waals surface area contributed by atoms with Crippen molar-refractivity contribution in [3.8, 4) is 0 Å². The number of nitrogens with one attached hydrogen (secondary N) is 1. The summed E-state index contributed by atoms with van der Waals surface area (Å²) in [7, 11) is 0. The van der Waals surface area contributed by atoms with E-state index in [4.69, 9.17) is 11.5 Å². The number of hydrogen-bond donors (Lipinski definition) is 3. The van der Waals surface area contributed by atoms with E-state index in [1.54, 1.807) is 24.3 Å². The highest BCUT2D eigenvalue weighted by molar-refractivity contribution is 6.10. The molecule has 0 aliphatic carbocycles. The Labute approximate surface area is 108 Å². The second kappa shape index (κ2) is 3.84. The first kappa shape index (κ1) is 11.3. The summed E-state index contributed by atoms with van der Waals surface area (Å²) in [6, 6.07) is 10.4. The maximum absolute atomic E-state index is 11.2. The molecule has 0 saturated heterocycles. The van der Waals surface area contributed by atoms with Crippen LogP contribution < -0.4 is 11.5 Å².